The summed E-state index contributed by atoms with van der Waals surface area (Å²) in [5.41, 5.74) is 0.173. The Kier molecular flexibility index (Phi) is 6.67. The van der Waals surface area contributed by atoms with Gasteiger partial charge in [0.1, 0.15) is 17.1 Å². The fourth-order valence-corrected chi connectivity index (χ4v) is 3.90. The first-order valence-electron chi connectivity index (χ1n) is 9.72. The van der Waals surface area contributed by atoms with Crippen molar-refractivity contribution in [2.24, 2.45) is 5.92 Å². The first-order valence-corrected chi connectivity index (χ1v) is 10.1. The van der Waals surface area contributed by atoms with Gasteiger partial charge in [-0.3, -0.25) is 4.79 Å². The Hall–Kier alpha value is -2.90. The van der Waals surface area contributed by atoms with Crippen molar-refractivity contribution >= 4 is 28.5 Å². The van der Waals surface area contributed by atoms with Gasteiger partial charge in [0.05, 0.1) is 35.7 Å². The van der Waals surface area contributed by atoms with E-state index in [1.165, 1.54) is 25.4 Å². The second-order valence-corrected chi connectivity index (χ2v) is 8.07. The molecule has 1 aromatic heterocycles. The van der Waals surface area contributed by atoms with Crippen LogP contribution in [-0.4, -0.2) is 34.5 Å². The molecule has 0 aliphatic heterocycles. The average Bonchev–Trinajstić information content (AvgIpc) is 2.72. The molecule has 0 aliphatic carbocycles. The van der Waals surface area contributed by atoms with Gasteiger partial charge in [0.2, 0.25) is 5.43 Å². The molecule has 3 aromatic rings. The first kappa shape index (κ1) is 22.8. The Bertz CT molecular complexity index is 1200. The Balaban J connectivity index is 2.33. The number of rotatable bonds is 7. The minimum absolute atomic E-state index is 0.0107. The van der Waals surface area contributed by atoms with Crippen LogP contribution in [-0.2, 0) is 6.42 Å². The van der Waals surface area contributed by atoms with Crippen molar-refractivity contribution in [3.8, 4) is 5.75 Å². The number of methoxy groups -OCH3 is 1. The van der Waals surface area contributed by atoms with Crippen molar-refractivity contribution in [2.75, 3.05) is 13.7 Å². The maximum Gasteiger partial charge on any atom is 0.341 e. The van der Waals surface area contributed by atoms with E-state index in [1.807, 2.05) is 13.8 Å². The number of aromatic nitrogens is 1. The summed E-state index contributed by atoms with van der Waals surface area (Å²) in [4.78, 5) is 24.7. The molecule has 1 heterocycles. The molecular weight excluding hydrogens is 425 g/mol. The zero-order chi connectivity index (χ0) is 22.9. The molecule has 0 saturated heterocycles. The summed E-state index contributed by atoms with van der Waals surface area (Å²) in [5, 5.41) is 19.6. The van der Waals surface area contributed by atoms with Gasteiger partial charge >= 0.3 is 5.97 Å². The highest BCUT2D eigenvalue weighted by Crippen LogP contribution is 2.32. The van der Waals surface area contributed by atoms with Gasteiger partial charge in [-0.25, -0.2) is 9.18 Å². The molecule has 3 rings (SSSR count). The largest absolute Gasteiger partial charge is 0.495 e. The van der Waals surface area contributed by atoms with E-state index in [0.717, 1.165) is 0 Å². The van der Waals surface area contributed by atoms with Crippen LogP contribution in [0.2, 0.25) is 5.02 Å². The third-order valence-electron chi connectivity index (χ3n) is 5.34. The lowest BCUT2D eigenvalue weighted by atomic mass is 9.98. The number of benzene rings is 2. The summed E-state index contributed by atoms with van der Waals surface area (Å²) in [5.74, 6) is -1.66. The molecule has 0 saturated carbocycles. The third-order valence-corrected chi connectivity index (χ3v) is 5.63. The van der Waals surface area contributed by atoms with Crippen LogP contribution < -0.4 is 10.2 Å². The number of fused-ring (bicyclic) bond motifs is 1. The van der Waals surface area contributed by atoms with E-state index in [9.17, 15) is 24.2 Å². The van der Waals surface area contributed by atoms with Gasteiger partial charge in [0.15, 0.2) is 0 Å². The summed E-state index contributed by atoms with van der Waals surface area (Å²) in [6.07, 6.45) is 1.37. The standard InChI is InChI=1S/C23H23ClFNO5/c1-12(2)18(11-27)26-10-16(23(29)30)22(28)15-8-13(9-19(31-3)21(15)26)7-14-5-4-6-17(24)20(14)25/h4-6,8-10,12,18,27H,7,11H2,1-3H3,(H,29,30). The number of nitrogens with zero attached hydrogens (tertiary/aromatic N) is 1. The summed E-state index contributed by atoms with van der Waals surface area (Å²) >= 11 is 5.87. The topological polar surface area (TPSA) is 88.8 Å². The van der Waals surface area contributed by atoms with Crippen LogP contribution in [0.3, 0.4) is 0 Å². The van der Waals surface area contributed by atoms with E-state index in [1.54, 1.807) is 22.8 Å². The molecule has 2 N–H and O–H groups in total. The highest BCUT2D eigenvalue weighted by Gasteiger charge is 2.24. The molecule has 0 aliphatic rings. The number of hydrogen-bond acceptors (Lipinski definition) is 4. The SMILES string of the molecule is COc1cc(Cc2cccc(Cl)c2F)cc2c(=O)c(C(=O)O)cn(C(CO)C(C)C)c12. The normalized spacial score (nSPS) is 12.4. The second-order valence-electron chi connectivity index (χ2n) is 7.66. The smallest absolute Gasteiger partial charge is 0.341 e. The molecule has 1 atom stereocenters. The summed E-state index contributed by atoms with van der Waals surface area (Å²) in [7, 11) is 1.43. The summed E-state index contributed by atoms with van der Waals surface area (Å²) in [6, 6.07) is 7.39. The predicted molar refractivity (Wildman–Crippen MR) is 117 cm³/mol. The van der Waals surface area contributed by atoms with E-state index in [2.05, 4.69) is 0 Å². The molecule has 8 heteroatoms. The average molecular weight is 448 g/mol. The number of carboxylic acid groups (broad SMARTS) is 1. The Morgan fingerprint density at radius 3 is 2.58 bits per heavy atom. The summed E-state index contributed by atoms with van der Waals surface area (Å²) < 4.78 is 21.5. The zero-order valence-corrected chi connectivity index (χ0v) is 18.1. The van der Waals surface area contributed by atoms with Crippen molar-refractivity contribution < 1.29 is 24.1 Å². The zero-order valence-electron chi connectivity index (χ0n) is 17.4. The number of aliphatic hydroxyl groups excluding tert-OH is 1. The molecule has 0 bridgehead atoms. The predicted octanol–water partition coefficient (Wildman–Crippen LogP) is 4.28. The van der Waals surface area contributed by atoms with Gasteiger partial charge in [-0.2, -0.15) is 0 Å². The monoisotopic (exact) mass is 447 g/mol. The Morgan fingerprint density at radius 1 is 1.29 bits per heavy atom. The van der Waals surface area contributed by atoms with E-state index < -0.39 is 28.8 Å². The lowest BCUT2D eigenvalue weighted by Gasteiger charge is -2.26. The number of carboxylic acids is 1. The Labute approximate surface area is 183 Å². The number of aromatic carboxylic acids is 1. The maximum absolute atomic E-state index is 14.4. The van der Waals surface area contributed by atoms with E-state index in [-0.39, 0.29) is 29.4 Å². The minimum Gasteiger partial charge on any atom is -0.495 e. The van der Waals surface area contributed by atoms with Crippen LogP contribution in [0.15, 0.2) is 41.3 Å². The molecule has 0 radical (unpaired) electrons. The van der Waals surface area contributed by atoms with Crippen molar-refractivity contribution in [3.05, 3.63) is 74.3 Å². The van der Waals surface area contributed by atoms with Crippen molar-refractivity contribution in [1.82, 2.24) is 4.57 Å². The van der Waals surface area contributed by atoms with Crippen LogP contribution in [0.1, 0.15) is 41.4 Å². The molecule has 164 valence electrons. The molecule has 0 fully saturated rings. The number of carbonyl (C=O) groups is 1. The molecule has 0 amide bonds. The second kappa shape index (κ2) is 9.08. The molecule has 1 unspecified atom stereocenters. The maximum atomic E-state index is 14.4. The van der Waals surface area contributed by atoms with Gasteiger partial charge in [-0.15, -0.1) is 0 Å². The quantitative estimate of drug-likeness (QED) is 0.564. The number of halogens is 2. The minimum atomic E-state index is -1.37. The lowest BCUT2D eigenvalue weighted by molar-refractivity contribution is 0.0694. The molecule has 0 spiro atoms. The fraction of sp³-hybridized carbons (Fsp3) is 0.304. The van der Waals surface area contributed by atoms with Crippen LogP contribution in [0.4, 0.5) is 4.39 Å². The van der Waals surface area contributed by atoms with Gasteiger partial charge in [-0.05, 0) is 35.2 Å². The van der Waals surface area contributed by atoms with E-state index in [0.29, 0.717) is 22.4 Å². The van der Waals surface area contributed by atoms with Crippen LogP contribution in [0.25, 0.3) is 10.9 Å². The molecule has 6 nitrogen and oxygen atoms in total. The van der Waals surface area contributed by atoms with Gasteiger partial charge in [0, 0.05) is 12.6 Å². The van der Waals surface area contributed by atoms with Crippen LogP contribution in [0.5, 0.6) is 5.75 Å². The van der Waals surface area contributed by atoms with Crippen molar-refractivity contribution in [2.45, 2.75) is 26.3 Å². The van der Waals surface area contributed by atoms with Crippen molar-refractivity contribution in [3.63, 3.8) is 0 Å². The van der Waals surface area contributed by atoms with Crippen molar-refractivity contribution in [1.29, 1.82) is 0 Å². The summed E-state index contributed by atoms with van der Waals surface area (Å²) in [6.45, 7) is 3.51. The number of hydrogen-bond donors (Lipinski definition) is 2. The molecule has 31 heavy (non-hydrogen) atoms. The number of pyridine rings is 1. The fourth-order valence-electron chi connectivity index (χ4n) is 3.71. The number of ether oxygens (including phenoxy) is 1. The highest BCUT2D eigenvalue weighted by molar-refractivity contribution is 6.30. The van der Waals surface area contributed by atoms with Gasteiger partial charge in [0.25, 0.3) is 0 Å². The number of aliphatic hydroxyl groups is 1. The lowest BCUT2D eigenvalue weighted by Crippen LogP contribution is -2.25. The first-order chi connectivity index (χ1) is 14.7. The molecular formula is C23H23ClFNO5. The van der Waals surface area contributed by atoms with E-state index >= 15 is 0 Å². The van der Waals surface area contributed by atoms with Crippen LogP contribution in [0, 0.1) is 11.7 Å². The molecule has 2 aromatic carbocycles. The van der Waals surface area contributed by atoms with Gasteiger partial charge < -0.3 is 19.5 Å². The van der Waals surface area contributed by atoms with Crippen LogP contribution >= 0.6 is 11.6 Å². The van der Waals surface area contributed by atoms with Gasteiger partial charge in [-0.1, -0.05) is 37.6 Å². The highest BCUT2D eigenvalue weighted by atomic mass is 35.5. The Morgan fingerprint density at radius 2 is 2.00 bits per heavy atom. The van der Waals surface area contributed by atoms with E-state index in [4.69, 9.17) is 16.3 Å². The third kappa shape index (κ3) is 4.29.